The monoisotopic (exact) mass is 384 g/mol. The molecule has 2 saturated heterocycles. The van der Waals surface area contributed by atoms with Crippen molar-refractivity contribution in [1.82, 2.24) is 10.1 Å². The van der Waals surface area contributed by atoms with Crippen LogP contribution in [0.4, 0.5) is 0 Å². The molecular weight excluding hydrogens is 364 g/mol. The number of hydroxylamine groups is 4. The van der Waals surface area contributed by atoms with E-state index in [-0.39, 0.29) is 51.7 Å². The van der Waals surface area contributed by atoms with Gasteiger partial charge in [0.1, 0.15) is 0 Å². The van der Waals surface area contributed by atoms with Crippen LogP contribution < -0.4 is 0 Å². The number of amides is 4. The van der Waals surface area contributed by atoms with Crippen LogP contribution in [0.5, 0.6) is 0 Å². The van der Waals surface area contributed by atoms with Crippen molar-refractivity contribution >= 4 is 35.6 Å². The van der Waals surface area contributed by atoms with Crippen LogP contribution in [0, 0.1) is 5.92 Å². The topological polar surface area (TPSA) is 137 Å². The van der Waals surface area contributed by atoms with Gasteiger partial charge >= 0.3 is 11.9 Å². The number of nitrogens with zero attached hydrogens (tertiary/aromatic N) is 2. The fourth-order valence-electron chi connectivity index (χ4n) is 2.28. The summed E-state index contributed by atoms with van der Waals surface area (Å²) >= 11 is 0. The molecule has 11 nitrogen and oxygen atoms in total. The van der Waals surface area contributed by atoms with E-state index in [9.17, 15) is 28.8 Å². The van der Waals surface area contributed by atoms with E-state index in [0.717, 1.165) is 0 Å². The minimum atomic E-state index is -0.780. The first kappa shape index (κ1) is 20.5. The molecule has 11 heteroatoms. The van der Waals surface area contributed by atoms with Gasteiger partial charge in [0.2, 0.25) is 0 Å². The second-order valence-corrected chi connectivity index (χ2v) is 6.09. The molecule has 2 aliphatic heterocycles. The normalized spacial score (nSPS) is 18.3. The third-order valence-electron chi connectivity index (χ3n) is 3.93. The van der Waals surface area contributed by atoms with Crippen LogP contribution >= 0.6 is 0 Å². The predicted molar refractivity (Wildman–Crippen MR) is 83.6 cm³/mol. The highest BCUT2D eigenvalue weighted by atomic mass is 16.7. The highest BCUT2D eigenvalue weighted by Crippen LogP contribution is 2.15. The number of carbonyl (C=O) groups excluding carboxylic acids is 6. The molecule has 0 N–H and O–H groups in total. The van der Waals surface area contributed by atoms with E-state index in [1.165, 1.54) is 0 Å². The van der Waals surface area contributed by atoms with Crippen molar-refractivity contribution in [2.75, 3.05) is 13.2 Å². The lowest BCUT2D eigenvalue weighted by Gasteiger charge is -2.16. The van der Waals surface area contributed by atoms with Crippen LogP contribution in [0.3, 0.4) is 0 Å². The molecule has 2 aliphatic rings. The average molecular weight is 384 g/mol. The van der Waals surface area contributed by atoms with Gasteiger partial charge in [0.15, 0.2) is 0 Å². The van der Waals surface area contributed by atoms with Gasteiger partial charge in [-0.2, -0.15) is 0 Å². The summed E-state index contributed by atoms with van der Waals surface area (Å²) in [4.78, 5) is 78.2. The van der Waals surface area contributed by atoms with E-state index in [0.29, 0.717) is 10.1 Å². The van der Waals surface area contributed by atoms with Crippen molar-refractivity contribution in [3.63, 3.8) is 0 Å². The first-order chi connectivity index (χ1) is 12.8. The minimum Gasteiger partial charge on any atom is -0.381 e. The minimum absolute atomic E-state index is 0.0191. The number of hydrogen-bond acceptors (Lipinski definition) is 9. The molecule has 0 saturated carbocycles. The van der Waals surface area contributed by atoms with Gasteiger partial charge in [-0.3, -0.25) is 19.2 Å². The molecule has 2 heterocycles. The van der Waals surface area contributed by atoms with Crippen molar-refractivity contribution in [2.24, 2.45) is 5.92 Å². The Morgan fingerprint density at radius 3 is 1.85 bits per heavy atom. The van der Waals surface area contributed by atoms with Crippen molar-refractivity contribution in [3.8, 4) is 0 Å². The summed E-state index contributed by atoms with van der Waals surface area (Å²) in [6.45, 7) is 1.64. The molecule has 0 radical (unpaired) electrons. The zero-order chi connectivity index (χ0) is 20.0. The standard InChI is InChI=1S/C16H20N2O9/c1-10(16(24)27-18-13(21)4-5-14(18)22)6-8-25-9-7-15(23)26-17-11(19)2-3-12(17)20/h10H,2-9H2,1H3. The van der Waals surface area contributed by atoms with Crippen LogP contribution in [0.15, 0.2) is 0 Å². The first-order valence-electron chi connectivity index (χ1n) is 8.51. The van der Waals surface area contributed by atoms with Crippen molar-refractivity contribution in [2.45, 2.75) is 45.4 Å². The van der Waals surface area contributed by atoms with Crippen molar-refractivity contribution in [1.29, 1.82) is 0 Å². The van der Waals surface area contributed by atoms with E-state index < -0.39 is 41.5 Å². The Balaban J connectivity index is 1.59. The number of ether oxygens (including phenoxy) is 1. The predicted octanol–water partition coefficient (Wildman–Crippen LogP) is -0.366. The van der Waals surface area contributed by atoms with Crippen LogP contribution in [0.2, 0.25) is 0 Å². The molecule has 0 aromatic rings. The maximum atomic E-state index is 11.8. The van der Waals surface area contributed by atoms with E-state index >= 15 is 0 Å². The van der Waals surface area contributed by atoms with Crippen LogP contribution in [0.25, 0.3) is 0 Å². The van der Waals surface area contributed by atoms with Gasteiger partial charge in [-0.25, -0.2) is 9.59 Å². The molecule has 1 unspecified atom stereocenters. The van der Waals surface area contributed by atoms with Crippen LogP contribution in [-0.2, 0) is 43.2 Å². The fourth-order valence-corrected chi connectivity index (χ4v) is 2.28. The molecule has 0 aliphatic carbocycles. The zero-order valence-electron chi connectivity index (χ0n) is 14.8. The van der Waals surface area contributed by atoms with E-state index in [4.69, 9.17) is 9.57 Å². The first-order valence-corrected chi connectivity index (χ1v) is 8.51. The third-order valence-corrected chi connectivity index (χ3v) is 3.93. The highest BCUT2D eigenvalue weighted by Gasteiger charge is 2.34. The molecule has 0 bridgehead atoms. The van der Waals surface area contributed by atoms with Gasteiger partial charge in [-0.1, -0.05) is 6.92 Å². The summed E-state index contributed by atoms with van der Waals surface area (Å²) in [6.07, 6.45) is 0.152. The summed E-state index contributed by atoms with van der Waals surface area (Å²) in [5, 5.41) is 0.942. The molecule has 0 spiro atoms. The largest absolute Gasteiger partial charge is 0.381 e. The number of carbonyl (C=O) groups is 6. The van der Waals surface area contributed by atoms with Gasteiger partial charge in [-0.15, -0.1) is 10.1 Å². The Hall–Kier alpha value is -2.82. The second-order valence-electron chi connectivity index (χ2n) is 6.09. The lowest BCUT2D eigenvalue weighted by atomic mass is 10.1. The molecule has 1 atom stereocenters. The van der Waals surface area contributed by atoms with Gasteiger partial charge in [-0.05, 0) is 6.42 Å². The number of imide groups is 2. The van der Waals surface area contributed by atoms with Crippen molar-refractivity contribution in [3.05, 3.63) is 0 Å². The van der Waals surface area contributed by atoms with Crippen molar-refractivity contribution < 1.29 is 43.2 Å². The summed E-state index contributed by atoms with van der Waals surface area (Å²) < 4.78 is 5.21. The van der Waals surface area contributed by atoms with E-state index in [2.05, 4.69) is 4.84 Å². The summed E-state index contributed by atoms with van der Waals surface area (Å²) in [5.74, 6) is -4.36. The zero-order valence-corrected chi connectivity index (χ0v) is 14.8. The third kappa shape index (κ3) is 5.58. The Morgan fingerprint density at radius 2 is 1.33 bits per heavy atom. The van der Waals surface area contributed by atoms with Crippen LogP contribution in [-0.4, -0.2) is 58.9 Å². The molecule has 2 fully saturated rings. The maximum absolute atomic E-state index is 11.8. The average Bonchev–Trinajstić information content (AvgIpc) is 3.11. The lowest BCUT2D eigenvalue weighted by molar-refractivity contribution is -0.200. The SMILES string of the molecule is CC(CCOCCC(=O)ON1C(=O)CCC1=O)C(=O)ON1C(=O)CCC1=O. The fraction of sp³-hybridized carbons (Fsp3) is 0.625. The number of rotatable bonds is 9. The van der Waals surface area contributed by atoms with Gasteiger partial charge in [0.25, 0.3) is 23.6 Å². The van der Waals surface area contributed by atoms with Gasteiger partial charge in [0.05, 0.1) is 18.9 Å². The Kier molecular flexibility index (Phi) is 6.99. The highest BCUT2D eigenvalue weighted by molar-refractivity contribution is 6.02. The molecule has 2 rings (SSSR count). The van der Waals surface area contributed by atoms with Gasteiger partial charge in [0, 0.05) is 32.3 Å². The lowest BCUT2D eigenvalue weighted by Crippen LogP contribution is -2.34. The maximum Gasteiger partial charge on any atom is 0.336 e. The quantitative estimate of drug-likeness (QED) is 0.385. The Morgan fingerprint density at radius 1 is 0.852 bits per heavy atom. The Bertz CT molecular complexity index is 628. The second kappa shape index (κ2) is 9.21. The number of hydrogen-bond donors (Lipinski definition) is 0. The van der Waals surface area contributed by atoms with E-state index in [1.807, 2.05) is 0 Å². The van der Waals surface area contributed by atoms with Gasteiger partial charge < -0.3 is 14.4 Å². The molecule has 27 heavy (non-hydrogen) atoms. The smallest absolute Gasteiger partial charge is 0.336 e. The Labute approximate surface area is 154 Å². The molecule has 0 aromatic carbocycles. The summed E-state index contributed by atoms with van der Waals surface area (Å²) in [6, 6.07) is 0. The summed E-state index contributed by atoms with van der Waals surface area (Å²) in [5.41, 5.74) is 0. The molecule has 0 aromatic heterocycles. The molecule has 148 valence electrons. The van der Waals surface area contributed by atoms with Crippen LogP contribution in [0.1, 0.15) is 45.4 Å². The molecule has 4 amide bonds. The molecular formula is C16H20N2O9. The summed E-state index contributed by atoms with van der Waals surface area (Å²) in [7, 11) is 0. The van der Waals surface area contributed by atoms with E-state index in [1.54, 1.807) is 6.92 Å².